The van der Waals surface area contributed by atoms with Crippen molar-refractivity contribution in [1.29, 1.82) is 0 Å². The number of nitrogens with zero attached hydrogens (tertiary/aromatic N) is 4. The molecule has 0 atom stereocenters. The Morgan fingerprint density at radius 2 is 2.31 bits per heavy atom. The van der Waals surface area contributed by atoms with Crippen molar-refractivity contribution in [2.75, 3.05) is 10.2 Å². The van der Waals surface area contributed by atoms with Crippen LogP contribution in [0.1, 0.15) is 5.56 Å². The predicted molar refractivity (Wildman–Crippen MR) is 60.5 cm³/mol. The van der Waals surface area contributed by atoms with Crippen LogP contribution in [0.4, 0.5) is 10.2 Å². The van der Waals surface area contributed by atoms with Gasteiger partial charge in [-0.3, -0.25) is 8.99 Å². The van der Waals surface area contributed by atoms with Gasteiger partial charge >= 0.3 is 0 Å². The number of halogens is 1. The highest BCUT2D eigenvalue weighted by molar-refractivity contribution is 8.07. The Bertz CT molecular complexity index is 509. The molecule has 1 aliphatic heterocycles. The van der Waals surface area contributed by atoms with Crippen molar-refractivity contribution < 1.29 is 4.39 Å². The molecule has 0 aliphatic carbocycles. The first-order valence-electron chi connectivity index (χ1n) is 4.86. The number of aromatic nitrogens is 3. The molecule has 0 aromatic carbocycles. The highest BCUT2D eigenvalue weighted by Crippen LogP contribution is 2.33. The van der Waals surface area contributed by atoms with E-state index in [9.17, 15) is 4.39 Å². The van der Waals surface area contributed by atoms with Gasteiger partial charge in [0.05, 0.1) is 12.4 Å². The molecule has 0 N–H and O–H groups in total. The zero-order valence-electron chi connectivity index (χ0n) is 8.38. The third kappa shape index (κ3) is 1.88. The van der Waals surface area contributed by atoms with Crippen molar-refractivity contribution in [3.05, 3.63) is 42.1 Å². The molecule has 0 amide bonds. The van der Waals surface area contributed by atoms with E-state index in [2.05, 4.69) is 14.4 Å². The first-order chi connectivity index (χ1) is 7.83. The van der Waals surface area contributed by atoms with Gasteiger partial charge in [-0.2, -0.15) is 9.49 Å². The summed E-state index contributed by atoms with van der Waals surface area (Å²) in [6, 6.07) is 5.37. The van der Waals surface area contributed by atoms with Crippen LogP contribution in [0.5, 0.6) is 0 Å². The second kappa shape index (κ2) is 3.79. The van der Waals surface area contributed by atoms with Gasteiger partial charge in [0.1, 0.15) is 0 Å². The summed E-state index contributed by atoms with van der Waals surface area (Å²) in [6.45, 7) is 0.415. The monoisotopic (exact) mass is 236 g/mol. The van der Waals surface area contributed by atoms with E-state index in [0.29, 0.717) is 12.1 Å². The van der Waals surface area contributed by atoms with Gasteiger partial charge in [-0.25, -0.2) is 4.98 Å². The zero-order valence-corrected chi connectivity index (χ0v) is 9.19. The largest absolute Gasteiger partial charge is 0.286 e. The molecule has 0 saturated carbocycles. The summed E-state index contributed by atoms with van der Waals surface area (Å²) in [5.41, 5.74) is 0.551. The van der Waals surface area contributed by atoms with Crippen LogP contribution in [-0.2, 0) is 6.54 Å². The van der Waals surface area contributed by atoms with E-state index in [4.69, 9.17) is 0 Å². The van der Waals surface area contributed by atoms with Crippen LogP contribution in [0, 0.1) is 5.95 Å². The molecule has 2 aromatic rings. The first kappa shape index (κ1) is 9.65. The minimum Gasteiger partial charge on any atom is -0.286 e. The number of rotatable bonds is 3. The Morgan fingerprint density at radius 1 is 1.44 bits per heavy atom. The molecular weight excluding hydrogens is 227 g/mol. The Hall–Kier alpha value is -1.56. The lowest BCUT2D eigenvalue weighted by Gasteiger charge is -2.02. The summed E-state index contributed by atoms with van der Waals surface area (Å²) in [7, 11) is 0. The molecule has 1 aliphatic rings. The molecule has 6 heteroatoms. The van der Waals surface area contributed by atoms with Gasteiger partial charge < -0.3 is 0 Å². The van der Waals surface area contributed by atoms with Crippen LogP contribution in [0.15, 0.2) is 30.6 Å². The normalized spacial score (nSPS) is 14.2. The zero-order chi connectivity index (χ0) is 11.0. The van der Waals surface area contributed by atoms with E-state index in [1.165, 1.54) is 6.20 Å². The standard InChI is InChI=1S/C10H9FN4S/c11-10-8(2-1-4-12-10)6-14-5-3-9(13-14)15-7-16-15/h1-5H,6-7H2. The maximum atomic E-state index is 13.3. The van der Waals surface area contributed by atoms with Crippen molar-refractivity contribution >= 4 is 17.8 Å². The first-order valence-corrected chi connectivity index (χ1v) is 5.80. The van der Waals surface area contributed by atoms with Gasteiger partial charge in [-0.05, 0) is 18.0 Å². The lowest BCUT2D eigenvalue weighted by Crippen LogP contribution is -2.04. The molecule has 16 heavy (non-hydrogen) atoms. The van der Waals surface area contributed by atoms with E-state index < -0.39 is 5.95 Å². The SMILES string of the molecule is Fc1ncccc1Cn1ccc(N2CS2)n1. The summed E-state index contributed by atoms with van der Waals surface area (Å²) < 4.78 is 17.1. The number of pyridine rings is 1. The highest BCUT2D eigenvalue weighted by Gasteiger charge is 2.22. The Balaban J connectivity index is 1.80. The Labute approximate surface area is 96.2 Å². The molecule has 0 radical (unpaired) electrons. The summed E-state index contributed by atoms with van der Waals surface area (Å²) >= 11 is 1.72. The molecule has 1 fully saturated rings. The minimum absolute atomic E-state index is 0.415. The second-order valence-electron chi connectivity index (χ2n) is 3.46. The smallest absolute Gasteiger partial charge is 0.217 e. The van der Waals surface area contributed by atoms with Gasteiger partial charge in [0, 0.05) is 24.0 Å². The quantitative estimate of drug-likeness (QED) is 0.463. The summed E-state index contributed by atoms with van der Waals surface area (Å²) in [5, 5.41) is 4.34. The number of anilines is 1. The predicted octanol–water partition coefficient (Wildman–Crippen LogP) is 1.89. The molecule has 3 heterocycles. The highest BCUT2D eigenvalue weighted by atomic mass is 32.2. The maximum absolute atomic E-state index is 13.3. The molecule has 0 spiro atoms. The van der Waals surface area contributed by atoms with Crippen LogP contribution >= 0.6 is 11.9 Å². The number of hydrogen-bond acceptors (Lipinski definition) is 4. The molecule has 0 bridgehead atoms. The average molecular weight is 236 g/mol. The molecule has 82 valence electrons. The maximum Gasteiger partial charge on any atom is 0.217 e. The topological polar surface area (TPSA) is 33.7 Å². The molecule has 3 rings (SSSR count). The average Bonchev–Trinajstić information content (AvgIpc) is 3.03. The van der Waals surface area contributed by atoms with Crippen LogP contribution in [0.3, 0.4) is 0 Å². The van der Waals surface area contributed by atoms with E-state index in [1.807, 2.05) is 12.3 Å². The fourth-order valence-corrected chi connectivity index (χ4v) is 1.86. The lowest BCUT2D eigenvalue weighted by molar-refractivity contribution is 0.549. The van der Waals surface area contributed by atoms with E-state index in [1.54, 1.807) is 28.8 Å². The van der Waals surface area contributed by atoms with Crippen molar-refractivity contribution in [2.45, 2.75) is 6.54 Å². The van der Waals surface area contributed by atoms with Gasteiger partial charge in [-0.15, -0.1) is 0 Å². The molecule has 1 saturated heterocycles. The van der Waals surface area contributed by atoms with Crippen molar-refractivity contribution in [3.8, 4) is 0 Å². The van der Waals surface area contributed by atoms with E-state index in [-0.39, 0.29) is 0 Å². The van der Waals surface area contributed by atoms with Gasteiger partial charge in [-0.1, -0.05) is 6.07 Å². The summed E-state index contributed by atoms with van der Waals surface area (Å²) in [5.74, 6) is 1.48. The van der Waals surface area contributed by atoms with Gasteiger partial charge in [0.25, 0.3) is 0 Å². The van der Waals surface area contributed by atoms with Crippen LogP contribution in [0.25, 0.3) is 0 Å². The fourth-order valence-electron chi connectivity index (χ4n) is 1.44. The summed E-state index contributed by atoms with van der Waals surface area (Å²) in [6.07, 6.45) is 3.29. The number of hydrogen-bond donors (Lipinski definition) is 0. The molecule has 2 aromatic heterocycles. The van der Waals surface area contributed by atoms with Crippen LogP contribution < -0.4 is 4.31 Å². The van der Waals surface area contributed by atoms with Crippen LogP contribution in [0.2, 0.25) is 0 Å². The lowest BCUT2D eigenvalue weighted by atomic mass is 10.3. The Morgan fingerprint density at radius 3 is 3.06 bits per heavy atom. The van der Waals surface area contributed by atoms with E-state index >= 15 is 0 Å². The van der Waals surface area contributed by atoms with E-state index in [0.717, 1.165) is 11.7 Å². The third-order valence-corrected chi connectivity index (χ3v) is 3.01. The van der Waals surface area contributed by atoms with Crippen molar-refractivity contribution in [2.24, 2.45) is 0 Å². The molecule has 0 unspecified atom stereocenters. The third-order valence-electron chi connectivity index (χ3n) is 2.31. The van der Waals surface area contributed by atoms with Crippen molar-refractivity contribution in [1.82, 2.24) is 14.8 Å². The molecular formula is C10H9FN4S. The fraction of sp³-hybridized carbons (Fsp3) is 0.200. The summed E-state index contributed by atoms with van der Waals surface area (Å²) in [4.78, 5) is 3.61. The van der Waals surface area contributed by atoms with Crippen molar-refractivity contribution in [3.63, 3.8) is 0 Å². The van der Waals surface area contributed by atoms with Gasteiger partial charge in [0.2, 0.25) is 5.95 Å². The minimum atomic E-state index is -0.430. The Kier molecular flexibility index (Phi) is 2.28. The molecule has 4 nitrogen and oxygen atoms in total. The second-order valence-corrected chi connectivity index (χ2v) is 4.42. The van der Waals surface area contributed by atoms with Crippen LogP contribution in [-0.4, -0.2) is 20.6 Å². The van der Waals surface area contributed by atoms with Gasteiger partial charge in [0.15, 0.2) is 5.82 Å².